The van der Waals surface area contributed by atoms with Crippen LogP contribution >= 0.6 is 11.5 Å². The van der Waals surface area contributed by atoms with Crippen LogP contribution in [0, 0.1) is 12.7 Å². The Balaban J connectivity index is 1.81. The van der Waals surface area contributed by atoms with Gasteiger partial charge in [0, 0.05) is 22.4 Å². The maximum absolute atomic E-state index is 13.2. The van der Waals surface area contributed by atoms with Gasteiger partial charge in [-0.3, -0.25) is 0 Å². The third-order valence-electron chi connectivity index (χ3n) is 4.61. The van der Waals surface area contributed by atoms with Gasteiger partial charge in [0.15, 0.2) is 0 Å². The first-order valence-electron chi connectivity index (χ1n) is 8.23. The average molecular weight is 395 g/mol. The number of aromatic nitrogens is 1. The minimum Gasteiger partial charge on any atom is -0.464 e. The number of furan rings is 1. The first kappa shape index (κ1) is 16.6. The molecule has 0 aliphatic rings. The predicted octanol–water partition coefficient (Wildman–Crippen LogP) is 4.73. The molecule has 0 radical (unpaired) electrons. The van der Waals surface area contributed by atoms with Gasteiger partial charge < -0.3 is 13.3 Å². The number of hydrogen-bond donors (Lipinski definition) is 0. The highest BCUT2D eigenvalue weighted by molar-refractivity contribution is 7.02. The lowest BCUT2D eigenvalue weighted by atomic mass is 10.0. The van der Waals surface area contributed by atoms with Gasteiger partial charge in [-0.25, -0.2) is 14.0 Å². The number of aryl methyl sites for hydroxylation is 1. The van der Waals surface area contributed by atoms with E-state index in [0.29, 0.717) is 33.6 Å². The van der Waals surface area contributed by atoms with Crippen molar-refractivity contribution in [2.24, 2.45) is 0 Å². The van der Waals surface area contributed by atoms with Gasteiger partial charge in [0.05, 0.1) is 17.8 Å². The molecule has 0 saturated heterocycles. The molecule has 0 unspecified atom stereocenters. The molecule has 0 aliphatic heterocycles. The Kier molecular flexibility index (Phi) is 3.56. The van der Waals surface area contributed by atoms with E-state index in [4.69, 9.17) is 13.3 Å². The van der Waals surface area contributed by atoms with E-state index in [1.165, 1.54) is 12.1 Å². The van der Waals surface area contributed by atoms with Crippen molar-refractivity contribution in [1.82, 2.24) is 4.37 Å². The molecule has 0 amide bonds. The zero-order chi connectivity index (χ0) is 19.4. The average Bonchev–Trinajstić information content (AvgIpc) is 3.27. The van der Waals surface area contributed by atoms with Crippen LogP contribution in [0.3, 0.4) is 0 Å². The van der Waals surface area contributed by atoms with E-state index in [0.717, 1.165) is 16.5 Å². The molecule has 2 aromatic carbocycles. The van der Waals surface area contributed by atoms with Gasteiger partial charge in [0.1, 0.15) is 22.5 Å². The normalized spacial score (nSPS) is 11.5. The third-order valence-corrected chi connectivity index (χ3v) is 5.10. The number of halogens is 1. The first-order valence-corrected chi connectivity index (χ1v) is 9.00. The fraction of sp³-hybridized carbons (Fsp3) is 0.0500. The van der Waals surface area contributed by atoms with Crippen LogP contribution in [0.5, 0.6) is 0 Å². The molecule has 0 spiro atoms. The van der Waals surface area contributed by atoms with Crippen molar-refractivity contribution in [3.63, 3.8) is 0 Å². The van der Waals surface area contributed by atoms with Crippen molar-refractivity contribution >= 4 is 33.5 Å². The number of benzene rings is 2. The van der Waals surface area contributed by atoms with Gasteiger partial charge in [-0.05, 0) is 36.2 Å². The summed E-state index contributed by atoms with van der Waals surface area (Å²) < 4.78 is 33.2. The largest absolute Gasteiger partial charge is 0.464 e. The van der Waals surface area contributed by atoms with E-state index in [2.05, 4.69) is 4.37 Å². The van der Waals surface area contributed by atoms with E-state index < -0.39 is 10.6 Å². The summed E-state index contributed by atoms with van der Waals surface area (Å²) in [5.74, 6) is -0.386. The van der Waals surface area contributed by atoms with Gasteiger partial charge >= 0.3 is 10.6 Å². The van der Waals surface area contributed by atoms with Crippen molar-refractivity contribution in [2.75, 3.05) is 0 Å². The lowest BCUT2D eigenvalue weighted by molar-refractivity contribution is 0.525. The maximum atomic E-state index is 13.2. The summed E-state index contributed by atoms with van der Waals surface area (Å²) in [7, 11) is 0. The molecular weight excluding hydrogens is 385 g/mol. The molecule has 5 aromatic rings. The zero-order valence-electron chi connectivity index (χ0n) is 14.3. The van der Waals surface area contributed by atoms with Crippen LogP contribution in [0.1, 0.15) is 5.56 Å². The summed E-state index contributed by atoms with van der Waals surface area (Å²) in [6.45, 7) is 1.73. The zero-order valence-corrected chi connectivity index (χ0v) is 15.1. The topological polar surface area (TPSA) is 86.5 Å². The Bertz CT molecular complexity index is 1470. The molecule has 6 nitrogen and oxygen atoms in total. The summed E-state index contributed by atoms with van der Waals surface area (Å²) in [6.07, 6.45) is 1.57. The van der Waals surface area contributed by atoms with E-state index in [1.54, 1.807) is 31.4 Å². The van der Waals surface area contributed by atoms with Crippen LogP contribution in [-0.2, 0) is 0 Å². The lowest BCUT2D eigenvalue weighted by Gasteiger charge is -2.05. The summed E-state index contributed by atoms with van der Waals surface area (Å²) in [5.41, 5.74) is 2.48. The van der Waals surface area contributed by atoms with E-state index in [-0.39, 0.29) is 17.3 Å². The molecule has 0 atom stereocenters. The molecule has 0 aliphatic carbocycles. The second kappa shape index (κ2) is 6.00. The fourth-order valence-electron chi connectivity index (χ4n) is 3.26. The first-order chi connectivity index (χ1) is 13.5. The Labute approximate surface area is 159 Å². The van der Waals surface area contributed by atoms with Crippen LogP contribution in [-0.4, -0.2) is 4.37 Å². The smallest absolute Gasteiger partial charge is 0.414 e. The molecule has 8 heteroatoms. The second-order valence-corrected chi connectivity index (χ2v) is 6.93. The highest BCUT2D eigenvalue weighted by Crippen LogP contribution is 2.35. The molecule has 138 valence electrons. The molecular formula is C20H10FNO5S. The van der Waals surface area contributed by atoms with Crippen LogP contribution in [0.2, 0.25) is 0 Å². The highest BCUT2D eigenvalue weighted by atomic mass is 32.1. The van der Waals surface area contributed by atoms with Crippen molar-refractivity contribution in [2.45, 2.75) is 6.92 Å². The van der Waals surface area contributed by atoms with Gasteiger partial charge in [-0.15, -0.1) is 4.37 Å². The van der Waals surface area contributed by atoms with Crippen LogP contribution in [0.15, 0.2) is 65.5 Å². The number of nitrogens with zero attached hydrogens (tertiary/aromatic N) is 1. The van der Waals surface area contributed by atoms with Crippen molar-refractivity contribution in [3.8, 4) is 22.6 Å². The van der Waals surface area contributed by atoms with Gasteiger partial charge in [-0.2, -0.15) is 0 Å². The van der Waals surface area contributed by atoms with Gasteiger partial charge in [0.25, 0.3) is 0 Å². The summed E-state index contributed by atoms with van der Waals surface area (Å²) >= 11 is 0.628. The molecule has 5 rings (SSSR count). The molecule has 0 fully saturated rings. The number of rotatable bonds is 2. The Morgan fingerprint density at radius 2 is 1.79 bits per heavy atom. The quantitative estimate of drug-likeness (QED) is 0.402. The fourth-order valence-corrected chi connectivity index (χ4v) is 3.67. The van der Waals surface area contributed by atoms with E-state index in [1.807, 2.05) is 6.07 Å². The molecule has 3 heterocycles. The van der Waals surface area contributed by atoms with E-state index in [9.17, 15) is 14.0 Å². The Morgan fingerprint density at radius 3 is 2.50 bits per heavy atom. The summed E-state index contributed by atoms with van der Waals surface area (Å²) in [4.78, 5) is 23.2. The SMILES string of the molecule is Cc1c(-c2nsc(=O)o2)c(=O)oc2cc3occ(-c4ccc(F)cc4)c3cc12. The number of fused-ring (bicyclic) bond motifs is 2. The van der Waals surface area contributed by atoms with Gasteiger partial charge in [-0.1, -0.05) is 12.1 Å². The molecule has 3 aromatic heterocycles. The van der Waals surface area contributed by atoms with Crippen LogP contribution in [0.25, 0.3) is 44.5 Å². The molecule has 28 heavy (non-hydrogen) atoms. The van der Waals surface area contributed by atoms with Crippen molar-refractivity contribution < 1.29 is 17.6 Å². The minimum absolute atomic E-state index is 0.0609. The second-order valence-electron chi connectivity index (χ2n) is 6.23. The number of hydrogen-bond acceptors (Lipinski definition) is 7. The van der Waals surface area contributed by atoms with E-state index >= 15 is 0 Å². The highest BCUT2D eigenvalue weighted by Gasteiger charge is 2.20. The van der Waals surface area contributed by atoms with Crippen molar-refractivity contribution in [3.05, 3.63) is 74.2 Å². The summed E-state index contributed by atoms with van der Waals surface area (Å²) in [6, 6.07) is 9.55. The van der Waals surface area contributed by atoms with Crippen LogP contribution < -0.4 is 10.6 Å². The van der Waals surface area contributed by atoms with Crippen LogP contribution in [0.4, 0.5) is 4.39 Å². The lowest BCUT2D eigenvalue weighted by Crippen LogP contribution is -2.06. The Hall–Kier alpha value is -3.52. The third kappa shape index (κ3) is 2.49. The summed E-state index contributed by atoms with van der Waals surface area (Å²) in [5, 5.41) is 1.43. The Morgan fingerprint density at radius 1 is 1.00 bits per heavy atom. The maximum Gasteiger partial charge on any atom is 0.414 e. The molecule has 0 N–H and O–H groups in total. The molecule has 0 saturated carbocycles. The predicted molar refractivity (Wildman–Crippen MR) is 102 cm³/mol. The molecule has 0 bridgehead atoms. The van der Waals surface area contributed by atoms with Crippen molar-refractivity contribution in [1.29, 1.82) is 0 Å². The minimum atomic E-state index is -0.649. The van der Waals surface area contributed by atoms with Gasteiger partial charge in [0.2, 0.25) is 5.89 Å². The standard InChI is InChI=1S/C20H10FNO5S/c1-9-12-6-13-14(10-2-4-11(21)5-3-10)8-25-15(13)7-16(12)26-19(23)17(9)18-22-28-20(24)27-18/h2-8H,1H3. The monoisotopic (exact) mass is 395 g/mol.